The van der Waals surface area contributed by atoms with E-state index in [4.69, 9.17) is 0 Å². The molecule has 15 heteroatoms. The molecule has 0 spiro atoms. The number of Topliss-reactive ketones (excluding diaryl/α,β-unsaturated/α-hetero) is 1. The molecule has 4 N–H and O–H groups in total. The molecule has 53 heavy (non-hydrogen) atoms. The highest BCUT2D eigenvalue weighted by Crippen LogP contribution is 2.65. The van der Waals surface area contributed by atoms with E-state index in [1.165, 1.54) is 14.7 Å². The number of likely N-dealkylation sites (tertiary alicyclic amines) is 1. The Kier molecular flexibility index (Phi) is 12.7. The Balaban J connectivity index is 1.35. The summed E-state index contributed by atoms with van der Waals surface area (Å²) in [6.45, 7) is 15.0. The molecule has 5 rings (SSSR count). The number of piperidine rings is 1. The van der Waals surface area contributed by atoms with Gasteiger partial charge in [-0.3, -0.25) is 19.2 Å². The first kappa shape index (κ1) is 41.1. The fourth-order valence-electron chi connectivity index (χ4n) is 8.97. The van der Waals surface area contributed by atoms with Gasteiger partial charge in [-0.05, 0) is 60.2 Å². The summed E-state index contributed by atoms with van der Waals surface area (Å²) in [6.07, 6.45) is 9.80. The van der Waals surface area contributed by atoms with Crippen molar-refractivity contribution in [2.24, 2.45) is 34.5 Å². The smallest absolute Gasteiger partial charge is 0.315 e. The van der Waals surface area contributed by atoms with Crippen molar-refractivity contribution in [1.29, 1.82) is 0 Å². The van der Waals surface area contributed by atoms with Crippen molar-refractivity contribution >= 4 is 39.7 Å². The standard InChI is InChI=1S/C38H63N7O7S/c1-8-18-39-34(48)32(46)27(21-24-14-12-15-24)40-33(47)31-29-26(38(29,5)6)22-45(31)35(49)30(25-16-10-9-11-17-25)42-36(50)41-28(37(2,3)4)23-44-20-13-19-43(7)53(44,51)52/h8,24-31H,1,9-23H2,2-7H3,(H,39,48)(H,40,47)(H2,41,42,50)/t26-,27?,28+,29-,30-,31-/m0/s1. The third kappa shape index (κ3) is 9.09. The molecule has 2 aliphatic heterocycles. The number of ketones is 1. The topological polar surface area (TPSA) is 177 Å². The molecule has 5 fully saturated rings. The number of amides is 5. The molecule has 0 bridgehead atoms. The Labute approximate surface area is 316 Å². The molecule has 0 aromatic carbocycles. The van der Waals surface area contributed by atoms with Gasteiger partial charge in [0.15, 0.2) is 0 Å². The molecule has 2 heterocycles. The summed E-state index contributed by atoms with van der Waals surface area (Å²) in [5.41, 5.74) is -0.699. The van der Waals surface area contributed by atoms with Gasteiger partial charge in [0.25, 0.3) is 16.1 Å². The van der Waals surface area contributed by atoms with E-state index in [9.17, 15) is 32.4 Å². The van der Waals surface area contributed by atoms with Crippen LogP contribution in [-0.2, 0) is 29.4 Å². The lowest BCUT2D eigenvalue weighted by Gasteiger charge is -2.40. The average molecular weight is 762 g/mol. The van der Waals surface area contributed by atoms with Crippen LogP contribution in [0.25, 0.3) is 0 Å². The third-order valence-corrected chi connectivity index (χ3v) is 14.8. The Morgan fingerprint density at radius 3 is 2.21 bits per heavy atom. The van der Waals surface area contributed by atoms with Crippen molar-refractivity contribution < 1.29 is 32.4 Å². The summed E-state index contributed by atoms with van der Waals surface area (Å²) in [7, 11) is -2.11. The summed E-state index contributed by atoms with van der Waals surface area (Å²) in [5, 5.41) is 11.5. The van der Waals surface area contributed by atoms with Gasteiger partial charge in [0.1, 0.15) is 12.1 Å². The van der Waals surface area contributed by atoms with E-state index in [-0.39, 0.29) is 48.1 Å². The number of fused-ring (bicyclic) bond motifs is 1. The maximum Gasteiger partial charge on any atom is 0.315 e. The van der Waals surface area contributed by atoms with Crippen LogP contribution in [0.2, 0.25) is 0 Å². The van der Waals surface area contributed by atoms with Crippen LogP contribution in [0.4, 0.5) is 4.79 Å². The summed E-state index contributed by atoms with van der Waals surface area (Å²) >= 11 is 0. The molecular formula is C38H63N7O7S. The minimum Gasteiger partial charge on any atom is -0.346 e. The predicted molar refractivity (Wildman–Crippen MR) is 201 cm³/mol. The minimum atomic E-state index is -3.66. The highest BCUT2D eigenvalue weighted by Gasteiger charge is 2.70. The molecule has 0 aromatic rings. The molecule has 6 atom stereocenters. The summed E-state index contributed by atoms with van der Waals surface area (Å²) < 4.78 is 28.9. The van der Waals surface area contributed by atoms with Crippen molar-refractivity contribution in [3.63, 3.8) is 0 Å². The highest BCUT2D eigenvalue weighted by molar-refractivity contribution is 7.86. The lowest BCUT2D eigenvalue weighted by molar-refractivity contribution is -0.145. The van der Waals surface area contributed by atoms with Crippen molar-refractivity contribution in [2.75, 3.05) is 39.8 Å². The van der Waals surface area contributed by atoms with Crippen LogP contribution in [0.1, 0.15) is 98.8 Å². The lowest BCUT2D eigenvalue weighted by Crippen LogP contribution is -2.62. The second kappa shape index (κ2) is 16.4. The maximum atomic E-state index is 14.7. The van der Waals surface area contributed by atoms with Crippen LogP contribution in [0, 0.1) is 34.5 Å². The molecule has 0 radical (unpaired) electrons. The first-order chi connectivity index (χ1) is 24.9. The van der Waals surface area contributed by atoms with E-state index in [1.807, 2.05) is 20.8 Å². The average Bonchev–Trinajstić information content (AvgIpc) is 3.38. The van der Waals surface area contributed by atoms with Gasteiger partial charge >= 0.3 is 6.03 Å². The van der Waals surface area contributed by atoms with Crippen LogP contribution in [-0.4, -0.2) is 115 Å². The van der Waals surface area contributed by atoms with Crippen molar-refractivity contribution in [1.82, 2.24) is 34.8 Å². The molecule has 298 valence electrons. The van der Waals surface area contributed by atoms with Crippen LogP contribution in [0.15, 0.2) is 12.7 Å². The second-order valence-electron chi connectivity index (χ2n) is 17.8. The Hall–Kier alpha value is -3.04. The fourth-order valence-corrected chi connectivity index (χ4v) is 10.4. The number of carbonyl (C=O) groups is 5. The SMILES string of the molecule is C=CCNC(=O)C(=O)C(CC1CCC1)NC(=O)[C@@H]1[C@@H]2[C@H](CN1C(=O)[C@@H](NC(=O)N[C@H](CN1CCCN(C)S1(=O)=O)C(C)(C)C)C1CCCCC1)C2(C)C. The van der Waals surface area contributed by atoms with Gasteiger partial charge in [0.05, 0.1) is 6.04 Å². The fraction of sp³-hybridized carbons (Fsp3) is 0.816. The zero-order valence-electron chi connectivity index (χ0n) is 32.6. The number of hydrogen-bond donors (Lipinski definition) is 4. The lowest BCUT2D eigenvalue weighted by atomic mass is 9.80. The number of carbonyl (C=O) groups excluding carboxylic acids is 5. The molecule has 2 saturated heterocycles. The Morgan fingerprint density at radius 1 is 0.925 bits per heavy atom. The normalized spacial score (nSPS) is 27.7. The van der Waals surface area contributed by atoms with Crippen molar-refractivity contribution in [2.45, 2.75) is 123 Å². The second-order valence-corrected chi connectivity index (χ2v) is 19.8. The number of nitrogens with zero attached hydrogens (tertiary/aromatic N) is 3. The minimum absolute atomic E-state index is 0.0783. The molecule has 5 aliphatic rings. The van der Waals surface area contributed by atoms with Gasteiger partial charge in [-0.1, -0.05) is 79.2 Å². The molecular weight excluding hydrogens is 699 g/mol. The van der Waals surface area contributed by atoms with E-state index in [0.29, 0.717) is 32.5 Å². The van der Waals surface area contributed by atoms with E-state index in [2.05, 4.69) is 41.7 Å². The van der Waals surface area contributed by atoms with Gasteiger partial charge < -0.3 is 26.2 Å². The third-order valence-electron chi connectivity index (χ3n) is 12.8. The quantitative estimate of drug-likeness (QED) is 0.155. The van der Waals surface area contributed by atoms with Gasteiger partial charge in [0.2, 0.25) is 17.6 Å². The molecule has 14 nitrogen and oxygen atoms in total. The first-order valence-corrected chi connectivity index (χ1v) is 21.1. The van der Waals surface area contributed by atoms with Crippen LogP contribution >= 0.6 is 0 Å². The zero-order chi connectivity index (χ0) is 38.9. The Bertz CT molecular complexity index is 1520. The summed E-state index contributed by atoms with van der Waals surface area (Å²) in [6, 6.07) is -3.87. The van der Waals surface area contributed by atoms with Crippen LogP contribution in [0.3, 0.4) is 0 Å². The van der Waals surface area contributed by atoms with Gasteiger partial charge in [-0.25, -0.2) is 4.79 Å². The highest BCUT2D eigenvalue weighted by atomic mass is 32.2. The molecule has 0 aromatic heterocycles. The molecule has 3 aliphatic carbocycles. The number of rotatable bonds is 14. The number of nitrogens with one attached hydrogen (secondary N) is 4. The number of hydrogen-bond acceptors (Lipinski definition) is 7. The Morgan fingerprint density at radius 2 is 1.60 bits per heavy atom. The maximum absolute atomic E-state index is 14.7. The predicted octanol–water partition coefficient (Wildman–Crippen LogP) is 2.56. The number of urea groups is 1. The van der Waals surface area contributed by atoms with E-state index < -0.39 is 63.4 Å². The zero-order valence-corrected chi connectivity index (χ0v) is 33.4. The van der Waals surface area contributed by atoms with Crippen molar-refractivity contribution in [3.05, 3.63) is 12.7 Å². The van der Waals surface area contributed by atoms with Gasteiger partial charge in [-0.15, -0.1) is 6.58 Å². The van der Waals surface area contributed by atoms with Crippen molar-refractivity contribution in [3.8, 4) is 0 Å². The monoisotopic (exact) mass is 761 g/mol. The van der Waals surface area contributed by atoms with E-state index >= 15 is 0 Å². The largest absolute Gasteiger partial charge is 0.346 e. The molecule has 5 amide bonds. The van der Waals surface area contributed by atoms with Gasteiger partial charge in [-0.2, -0.15) is 17.0 Å². The van der Waals surface area contributed by atoms with E-state index in [0.717, 1.165) is 51.4 Å². The van der Waals surface area contributed by atoms with Crippen LogP contribution in [0.5, 0.6) is 0 Å². The van der Waals surface area contributed by atoms with E-state index in [1.54, 1.807) is 11.9 Å². The molecule has 1 unspecified atom stereocenters. The van der Waals surface area contributed by atoms with Crippen LogP contribution < -0.4 is 21.3 Å². The first-order valence-electron chi connectivity index (χ1n) is 19.7. The summed E-state index contributed by atoms with van der Waals surface area (Å²) in [4.78, 5) is 70.6. The summed E-state index contributed by atoms with van der Waals surface area (Å²) in [5.74, 6) is -2.21. The molecule has 3 saturated carbocycles. The van der Waals surface area contributed by atoms with Gasteiger partial charge in [0, 0.05) is 45.8 Å².